The fraction of sp³-hybridized carbons (Fsp3) is 0.286. The molecule has 3 aromatic rings. The van der Waals surface area contributed by atoms with Crippen molar-refractivity contribution in [2.45, 2.75) is 26.3 Å². The number of aromatic nitrogens is 2. The number of nitrogens with one attached hydrogen (secondary N) is 3. The fourth-order valence-electron chi connectivity index (χ4n) is 2.97. The van der Waals surface area contributed by atoms with Crippen LogP contribution in [0.4, 0.5) is 0 Å². The predicted octanol–water partition coefficient (Wildman–Crippen LogP) is 3.98. The maximum absolute atomic E-state index is 12.6. The van der Waals surface area contributed by atoms with Gasteiger partial charge in [-0.1, -0.05) is 49.2 Å². The molecule has 29 heavy (non-hydrogen) atoms. The number of H-pyrrole nitrogens is 1. The molecule has 6 nitrogen and oxygen atoms in total. The molecule has 1 atom stereocenters. The highest BCUT2D eigenvalue weighted by atomic mass is 35.5. The number of imidazole rings is 1. The zero-order chi connectivity index (χ0) is 21.0. The Morgan fingerprint density at radius 1 is 1.14 bits per heavy atom. The number of hydrogen-bond acceptors (Lipinski definition) is 3. The number of rotatable bonds is 7. The van der Waals surface area contributed by atoms with Crippen molar-refractivity contribution >= 4 is 46.0 Å². The van der Waals surface area contributed by atoms with E-state index < -0.39 is 11.9 Å². The van der Waals surface area contributed by atoms with Crippen LogP contribution in [0.15, 0.2) is 42.5 Å². The summed E-state index contributed by atoms with van der Waals surface area (Å²) in [5.74, 6) is 0.0214. The molecule has 0 aliphatic rings. The van der Waals surface area contributed by atoms with E-state index >= 15 is 0 Å². The van der Waals surface area contributed by atoms with Crippen molar-refractivity contribution in [2.75, 3.05) is 6.54 Å². The summed E-state index contributed by atoms with van der Waals surface area (Å²) >= 11 is 12.0. The van der Waals surface area contributed by atoms with Crippen molar-refractivity contribution in [3.8, 4) is 0 Å². The quantitative estimate of drug-likeness (QED) is 0.527. The minimum Gasteiger partial charge on any atom is -0.354 e. The third-order valence-corrected chi connectivity index (χ3v) is 5.06. The van der Waals surface area contributed by atoms with Crippen LogP contribution >= 0.6 is 23.2 Å². The molecular weight excluding hydrogens is 411 g/mol. The van der Waals surface area contributed by atoms with E-state index in [4.69, 9.17) is 23.2 Å². The average molecular weight is 433 g/mol. The van der Waals surface area contributed by atoms with Crippen LogP contribution in [0, 0.1) is 5.92 Å². The number of amides is 2. The molecule has 0 spiro atoms. The highest BCUT2D eigenvalue weighted by Crippen LogP contribution is 2.21. The van der Waals surface area contributed by atoms with Gasteiger partial charge in [-0.25, -0.2) is 4.98 Å². The van der Waals surface area contributed by atoms with E-state index in [0.717, 1.165) is 16.9 Å². The molecule has 0 saturated heterocycles. The number of para-hydroxylation sites is 2. The van der Waals surface area contributed by atoms with Crippen LogP contribution in [-0.4, -0.2) is 34.4 Å². The van der Waals surface area contributed by atoms with Crippen LogP contribution in [-0.2, 0) is 11.2 Å². The standard InChI is InChI=1S/C21H22Cl2N4O2/c1-12(2)19(27-20(28)14-8-7-13(22)11-15(14)23)21(29)24-10-9-18-25-16-5-3-4-6-17(16)26-18/h3-8,11-12,19H,9-10H2,1-2H3,(H,24,29)(H,25,26)(H,27,28). The smallest absolute Gasteiger partial charge is 0.253 e. The monoisotopic (exact) mass is 432 g/mol. The van der Waals surface area contributed by atoms with Crippen molar-refractivity contribution < 1.29 is 9.59 Å². The molecule has 3 rings (SSSR count). The van der Waals surface area contributed by atoms with Gasteiger partial charge in [-0.3, -0.25) is 9.59 Å². The van der Waals surface area contributed by atoms with Gasteiger partial charge in [0.1, 0.15) is 11.9 Å². The van der Waals surface area contributed by atoms with E-state index in [1.54, 1.807) is 6.07 Å². The molecular formula is C21H22Cl2N4O2. The van der Waals surface area contributed by atoms with Crippen molar-refractivity contribution in [2.24, 2.45) is 5.92 Å². The Morgan fingerprint density at radius 3 is 2.59 bits per heavy atom. The number of halogens is 2. The normalized spacial score (nSPS) is 12.2. The summed E-state index contributed by atoms with van der Waals surface area (Å²) in [4.78, 5) is 32.9. The number of carbonyl (C=O) groups excluding carboxylic acids is 2. The number of aromatic amines is 1. The molecule has 2 amide bonds. The van der Waals surface area contributed by atoms with E-state index in [1.807, 2.05) is 38.1 Å². The van der Waals surface area contributed by atoms with Gasteiger partial charge in [0.05, 0.1) is 21.6 Å². The second-order valence-corrected chi connectivity index (χ2v) is 7.90. The minimum atomic E-state index is -0.690. The summed E-state index contributed by atoms with van der Waals surface area (Å²) in [7, 11) is 0. The van der Waals surface area contributed by atoms with Gasteiger partial charge in [-0.05, 0) is 36.2 Å². The van der Waals surface area contributed by atoms with Gasteiger partial charge in [0.15, 0.2) is 0 Å². The van der Waals surface area contributed by atoms with Crippen molar-refractivity contribution in [1.82, 2.24) is 20.6 Å². The molecule has 0 saturated carbocycles. The van der Waals surface area contributed by atoms with E-state index in [2.05, 4.69) is 20.6 Å². The molecule has 0 bridgehead atoms. The second kappa shape index (κ2) is 9.29. The Kier molecular flexibility index (Phi) is 6.77. The molecule has 1 heterocycles. The molecule has 0 aliphatic carbocycles. The molecule has 3 N–H and O–H groups in total. The Bertz CT molecular complexity index is 999. The molecule has 1 unspecified atom stereocenters. The Hall–Kier alpha value is -2.57. The summed E-state index contributed by atoms with van der Waals surface area (Å²) in [6.07, 6.45) is 0.558. The van der Waals surface area contributed by atoms with Gasteiger partial charge in [0.25, 0.3) is 5.91 Å². The number of benzene rings is 2. The van der Waals surface area contributed by atoms with Crippen molar-refractivity contribution in [3.63, 3.8) is 0 Å². The first kappa shape index (κ1) is 21.1. The Balaban J connectivity index is 1.59. The molecule has 8 heteroatoms. The number of fused-ring (bicyclic) bond motifs is 1. The lowest BCUT2D eigenvalue weighted by atomic mass is 10.0. The topological polar surface area (TPSA) is 86.9 Å². The van der Waals surface area contributed by atoms with Crippen LogP contribution < -0.4 is 10.6 Å². The van der Waals surface area contributed by atoms with Crippen molar-refractivity contribution in [1.29, 1.82) is 0 Å². The van der Waals surface area contributed by atoms with E-state index in [9.17, 15) is 9.59 Å². The number of carbonyl (C=O) groups is 2. The van der Waals surface area contributed by atoms with Crippen LogP contribution in [0.5, 0.6) is 0 Å². The molecule has 1 aromatic heterocycles. The highest BCUT2D eigenvalue weighted by Gasteiger charge is 2.25. The second-order valence-electron chi connectivity index (χ2n) is 7.06. The summed E-state index contributed by atoms with van der Waals surface area (Å²) in [6.45, 7) is 4.14. The molecule has 152 valence electrons. The third-order valence-electron chi connectivity index (χ3n) is 4.51. The van der Waals surface area contributed by atoms with Gasteiger partial charge in [-0.15, -0.1) is 0 Å². The Morgan fingerprint density at radius 2 is 1.90 bits per heavy atom. The largest absolute Gasteiger partial charge is 0.354 e. The molecule has 0 fully saturated rings. The lowest BCUT2D eigenvalue weighted by molar-refractivity contribution is -0.123. The number of nitrogens with zero attached hydrogens (tertiary/aromatic N) is 1. The predicted molar refractivity (Wildman–Crippen MR) is 115 cm³/mol. The van der Waals surface area contributed by atoms with Crippen LogP contribution in [0.25, 0.3) is 11.0 Å². The van der Waals surface area contributed by atoms with E-state index in [-0.39, 0.29) is 22.4 Å². The molecule has 0 aliphatic heterocycles. The summed E-state index contributed by atoms with van der Waals surface area (Å²) in [5, 5.41) is 6.31. The average Bonchev–Trinajstić information content (AvgIpc) is 3.08. The number of hydrogen-bond donors (Lipinski definition) is 3. The van der Waals surface area contributed by atoms with Gasteiger partial charge in [0.2, 0.25) is 5.91 Å². The molecule has 2 aromatic carbocycles. The Labute approximate surface area is 179 Å². The zero-order valence-electron chi connectivity index (χ0n) is 16.1. The van der Waals surface area contributed by atoms with E-state index in [0.29, 0.717) is 18.0 Å². The zero-order valence-corrected chi connectivity index (χ0v) is 17.6. The van der Waals surface area contributed by atoms with Crippen LogP contribution in [0.3, 0.4) is 0 Å². The van der Waals surface area contributed by atoms with Gasteiger partial charge >= 0.3 is 0 Å². The fourth-order valence-corrected chi connectivity index (χ4v) is 3.46. The summed E-state index contributed by atoms with van der Waals surface area (Å²) in [6, 6.07) is 11.7. The first-order valence-electron chi connectivity index (χ1n) is 9.32. The third kappa shape index (κ3) is 5.28. The molecule has 0 radical (unpaired) electrons. The van der Waals surface area contributed by atoms with Crippen LogP contribution in [0.2, 0.25) is 10.0 Å². The van der Waals surface area contributed by atoms with E-state index in [1.165, 1.54) is 12.1 Å². The summed E-state index contributed by atoms with van der Waals surface area (Å²) in [5.41, 5.74) is 2.12. The maximum Gasteiger partial charge on any atom is 0.253 e. The highest BCUT2D eigenvalue weighted by molar-refractivity contribution is 6.36. The van der Waals surface area contributed by atoms with Gasteiger partial charge in [-0.2, -0.15) is 0 Å². The maximum atomic E-state index is 12.6. The lowest BCUT2D eigenvalue weighted by Crippen LogP contribution is -2.50. The first-order chi connectivity index (χ1) is 13.8. The lowest BCUT2D eigenvalue weighted by Gasteiger charge is -2.22. The van der Waals surface area contributed by atoms with Gasteiger partial charge < -0.3 is 15.6 Å². The minimum absolute atomic E-state index is 0.101. The van der Waals surface area contributed by atoms with Gasteiger partial charge in [0, 0.05) is 18.0 Å². The SMILES string of the molecule is CC(C)C(NC(=O)c1ccc(Cl)cc1Cl)C(=O)NCCc1nc2ccccc2[nH]1. The van der Waals surface area contributed by atoms with Crippen molar-refractivity contribution in [3.05, 3.63) is 63.9 Å². The van der Waals surface area contributed by atoms with Crippen LogP contribution in [0.1, 0.15) is 30.0 Å². The summed E-state index contributed by atoms with van der Waals surface area (Å²) < 4.78 is 0. The first-order valence-corrected chi connectivity index (χ1v) is 10.1.